The number of thiazole rings is 1. The molecule has 4 rings (SSSR count). The molecule has 0 unspecified atom stereocenters. The molecule has 0 saturated carbocycles. The van der Waals surface area contributed by atoms with E-state index in [0.717, 1.165) is 54.7 Å². The number of carbonyl (C=O) groups excluding carboxylic acids is 1. The molecule has 1 aromatic heterocycles. The van der Waals surface area contributed by atoms with Gasteiger partial charge in [-0.3, -0.25) is 9.69 Å². The molecule has 0 aliphatic carbocycles. The number of anilines is 1. The summed E-state index contributed by atoms with van der Waals surface area (Å²) in [7, 11) is -3.54. The van der Waals surface area contributed by atoms with Gasteiger partial charge in [0.1, 0.15) is 0 Å². The minimum absolute atomic E-state index is 0. The Hall–Kier alpha value is -2.04. The summed E-state index contributed by atoms with van der Waals surface area (Å²) in [4.78, 5) is 22.9. The highest BCUT2D eigenvalue weighted by molar-refractivity contribution is 7.89. The Morgan fingerprint density at radius 3 is 2.24 bits per heavy atom. The van der Waals surface area contributed by atoms with Gasteiger partial charge in [-0.05, 0) is 81.2 Å². The summed E-state index contributed by atoms with van der Waals surface area (Å²) in [6, 6.07) is 10.5. The summed E-state index contributed by atoms with van der Waals surface area (Å²) in [5, 5.41) is 0.667. The first kappa shape index (κ1) is 29.5. The lowest BCUT2D eigenvalue weighted by atomic mass is 10.1. The maximum absolute atomic E-state index is 13.7. The molecule has 0 atom stereocenters. The monoisotopic (exact) mass is 564 g/mol. The molecule has 202 valence electrons. The third-order valence-corrected chi connectivity index (χ3v) is 10.1. The van der Waals surface area contributed by atoms with Gasteiger partial charge in [0.25, 0.3) is 5.91 Å². The predicted molar refractivity (Wildman–Crippen MR) is 155 cm³/mol. The maximum Gasteiger partial charge on any atom is 0.260 e. The molecule has 1 aliphatic rings. The van der Waals surface area contributed by atoms with Crippen molar-refractivity contribution >= 4 is 55.0 Å². The number of sulfonamides is 1. The largest absolute Gasteiger partial charge is 0.302 e. The quantitative estimate of drug-likeness (QED) is 0.343. The van der Waals surface area contributed by atoms with Crippen molar-refractivity contribution in [2.24, 2.45) is 0 Å². The van der Waals surface area contributed by atoms with E-state index in [4.69, 9.17) is 4.98 Å². The second kappa shape index (κ2) is 12.7. The number of amides is 1. The number of rotatable bonds is 9. The van der Waals surface area contributed by atoms with E-state index < -0.39 is 10.0 Å². The molecule has 0 N–H and O–H groups in total. The van der Waals surface area contributed by atoms with Crippen LogP contribution >= 0.6 is 23.7 Å². The highest BCUT2D eigenvalue weighted by Gasteiger charge is 2.27. The molecule has 2 heterocycles. The molecule has 3 aromatic rings. The van der Waals surface area contributed by atoms with Crippen molar-refractivity contribution in [2.45, 2.75) is 51.9 Å². The van der Waals surface area contributed by atoms with E-state index in [0.29, 0.717) is 30.3 Å². The third kappa shape index (κ3) is 6.34. The lowest BCUT2D eigenvalue weighted by Gasteiger charge is -2.26. The lowest BCUT2D eigenvalue weighted by Crippen LogP contribution is -2.39. The topological polar surface area (TPSA) is 73.8 Å². The van der Waals surface area contributed by atoms with Crippen LogP contribution in [0, 0.1) is 13.8 Å². The van der Waals surface area contributed by atoms with Crippen LogP contribution < -0.4 is 4.90 Å². The minimum atomic E-state index is -3.54. The average molecular weight is 565 g/mol. The minimum Gasteiger partial charge on any atom is -0.302 e. The van der Waals surface area contributed by atoms with Crippen LogP contribution in [0.25, 0.3) is 10.2 Å². The van der Waals surface area contributed by atoms with Gasteiger partial charge in [0.15, 0.2) is 5.13 Å². The summed E-state index contributed by atoms with van der Waals surface area (Å²) < 4.78 is 28.7. The molecule has 1 fully saturated rings. The number of halogens is 1. The van der Waals surface area contributed by atoms with Crippen LogP contribution in [0.1, 0.15) is 54.6 Å². The van der Waals surface area contributed by atoms with Crippen LogP contribution in [-0.2, 0) is 10.0 Å². The highest BCUT2D eigenvalue weighted by Crippen LogP contribution is 2.33. The Balaban J connectivity index is 0.00000380. The van der Waals surface area contributed by atoms with E-state index in [9.17, 15) is 13.2 Å². The summed E-state index contributed by atoms with van der Waals surface area (Å²) in [6.45, 7) is 12.5. The number of hydrogen-bond donors (Lipinski definition) is 0. The number of likely N-dealkylation sites (N-methyl/N-ethyl adjacent to an activating group) is 1. The van der Waals surface area contributed by atoms with Crippen LogP contribution in [-0.4, -0.2) is 67.8 Å². The van der Waals surface area contributed by atoms with Gasteiger partial charge >= 0.3 is 0 Å². The number of nitrogens with zero attached hydrogens (tertiary/aromatic N) is 4. The second-order valence-electron chi connectivity index (χ2n) is 9.32. The zero-order valence-corrected chi connectivity index (χ0v) is 24.5. The highest BCUT2D eigenvalue weighted by atomic mass is 35.5. The lowest BCUT2D eigenvalue weighted by molar-refractivity contribution is 0.0983. The molecular weight excluding hydrogens is 528 g/mol. The molecule has 7 nitrogen and oxygen atoms in total. The molecule has 10 heteroatoms. The summed E-state index contributed by atoms with van der Waals surface area (Å²) in [5.74, 6) is -0.169. The number of aryl methyl sites for hydroxylation is 2. The Morgan fingerprint density at radius 1 is 0.973 bits per heavy atom. The first-order valence-corrected chi connectivity index (χ1v) is 15.0. The fourth-order valence-corrected chi connectivity index (χ4v) is 7.14. The molecule has 0 radical (unpaired) electrons. The van der Waals surface area contributed by atoms with Gasteiger partial charge in [-0.2, -0.15) is 4.31 Å². The van der Waals surface area contributed by atoms with Gasteiger partial charge in [-0.1, -0.05) is 37.7 Å². The summed E-state index contributed by atoms with van der Waals surface area (Å²) in [5.41, 5.74) is 3.68. The number of carbonyl (C=O) groups is 1. The van der Waals surface area contributed by atoms with Gasteiger partial charge in [-0.15, -0.1) is 12.4 Å². The van der Waals surface area contributed by atoms with Gasteiger partial charge < -0.3 is 4.90 Å². The van der Waals surface area contributed by atoms with Crippen LogP contribution in [0.3, 0.4) is 0 Å². The molecule has 1 amide bonds. The van der Waals surface area contributed by atoms with Gasteiger partial charge in [0, 0.05) is 31.7 Å². The van der Waals surface area contributed by atoms with Gasteiger partial charge in [-0.25, -0.2) is 13.4 Å². The molecule has 1 aliphatic heterocycles. The zero-order chi connectivity index (χ0) is 25.9. The van der Waals surface area contributed by atoms with E-state index >= 15 is 0 Å². The zero-order valence-electron chi connectivity index (χ0n) is 22.1. The Kier molecular flexibility index (Phi) is 10.1. The predicted octanol–water partition coefficient (Wildman–Crippen LogP) is 5.50. The third-order valence-electron chi connectivity index (χ3n) is 7.14. The summed E-state index contributed by atoms with van der Waals surface area (Å²) >= 11 is 1.52. The van der Waals surface area contributed by atoms with Crippen molar-refractivity contribution in [3.8, 4) is 0 Å². The second-order valence-corrected chi connectivity index (χ2v) is 12.3. The SMILES string of the molecule is CCN(CC)CCN(C(=O)c1ccc(S(=O)(=O)N2CCCCC2)cc1)c1nc2c(C)c(C)ccc2s1.Cl. The number of hydrogen-bond acceptors (Lipinski definition) is 6. The normalized spacial score (nSPS) is 14.6. The number of fused-ring (bicyclic) bond motifs is 1. The first-order chi connectivity index (χ1) is 17.3. The number of aromatic nitrogens is 1. The number of benzene rings is 2. The maximum atomic E-state index is 13.7. The molecule has 37 heavy (non-hydrogen) atoms. The first-order valence-electron chi connectivity index (χ1n) is 12.8. The van der Waals surface area contributed by atoms with Gasteiger partial charge in [0.2, 0.25) is 10.0 Å². The summed E-state index contributed by atoms with van der Waals surface area (Å²) in [6.07, 6.45) is 2.84. The van der Waals surface area contributed by atoms with Crippen molar-refractivity contribution in [1.82, 2.24) is 14.2 Å². The van der Waals surface area contributed by atoms with Crippen LogP contribution in [0.5, 0.6) is 0 Å². The molecule has 2 aromatic carbocycles. The van der Waals surface area contributed by atoms with E-state index in [2.05, 4.69) is 44.7 Å². The van der Waals surface area contributed by atoms with Crippen molar-refractivity contribution in [3.63, 3.8) is 0 Å². The smallest absolute Gasteiger partial charge is 0.260 e. The van der Waals surface area contributed by atoms with Crippen LogP contribution in [0.2, 0.25) is 0 Å². The van der Waals surface area contributed by atoms with Crippen molar-refractivity contribution in [3.05, 3.63) is 53.1 Å². The van der Waals surface area contributed by atoms with E-state index in [1.165, 1.54) is 16.9 Å². The molecule has 0 bridgehead atoms. The Labute approximate surface area is 230 Å². The standard InChI is InChI=1S/C27H36N4O3S2.ClH/c1-5-29(6-2)18-19-31(27-28-25-21(4)20(3)10-15-24(25)35-27)26(32)22-11-13-23(14-12-22)36(33,34)30-16-8-7-9-17-30;/h10-15H,5-9,16-19H2,1-4H3;1H. The van der Waals surface area contributed by atoms with Crippen LogP contribution in [0.4, 0.5) is 5.13 Å². The fraction of sp³-hybridized carbons (Fsp3) is 0.481. The van der Waals surface area contributed by atoms with Gasteiger partial charge in [0.05, 0.1) is 15.1 Å². The molecular formula is C27H37ClN4O3S2. The van der Waals surface area contributed by atoms with E-state index in [1.807, 2.05) is 0 Å². The fourth-order valence-electron chi connectivity index (χ4n) is 4.57. The van der Waals surface area contributed by atoms with Crippen LogP contribution in [0.15, 0.2) is 41.3 Å². The molecule has 1 saturated heterocycles. The molecule has 0 spiro atoms. The Morgan fingerprint density at radius 2 is 1.62 bits per heavy atom. The average Bonchev–Trinajstić information content (AvgIpc) is 3.34. The number of piperidine rings is 1. The van der Waals surface area contributed by atoms with E-state index in [1.54, 1.807) is 33.5 Å². The van der Waals surface area contributed by atoms with Crippen molar-refractivity contribution in [2.75, 3.05) is 44.2 Å². The van der Waals surface area contributed by atoms with E-state index in [-0.39, 0.29) is 23.2 Å². The van der Waals surface area contributed by atoms with Crippen molar-refractivity contribution in [1.29, 1.82) is 0 Å². The Bertz CT molecular complexity index is 1320. The van der Waals surface area contributed by atoms with Crippen molar-refractivity contribution < 1.29 is 13.2 Å².